The number of hydrogen-bond donors (Lipinski definition) is 1. The molecule has 3 nitrogen and oxygen atoms in total. The molecule has 1 aromatic carbocycles. The molecule has 1 aromatic heterocycles. The molecular formula is C14H17NO2S. The monoisotopic (exact) mass is 263 g/mol. The van der Waals surface area contributed by atoms with Crippen molar-refractivity contribution in [3.8, 4) is 5.75 Å². The van der Waals surface area contributed by atoms with E-state index in [4.69, 9.17) is 0 Å². The first kappa shape index (κ1) is 13.0. The molecule has 2 rings (SSSR count). The van der Waals surface area contributed by atoms with E-state index in [1.165, 1.54) is 11.8 Å². The zero-order valence-electron chi connectivity index (χ0n) is 11.0. The molecule has 0 unspecified atom stereocenters. The fraction of sp³-hybridized carbons (Fsp3) is 0.357. The van der Waals surface area contributed by atoms with Gasteiger partial charge in [-0.2, -0.15) is 0 Å². The van der Waals surface area contributed by atoms with E-state index in [0.29, 0.717) is 10.3 Å². The van der Waals surface area contributed by atoms with E-state index in [1.54, 1.807) is 11.6 Å². The first-order valence-corrected chi connectivity index (χ1v) is 6.62. The highest BCUT2D eigenvalue weighted by molar-refractivity contribution is 8.00. The molecule has 0 radical (unpaired) electrons. The van der Waals surface area contributed by atoms with Crippen LogP contribution in [-0.4, -0.2) is 14.4 Å². The number of hydrogen-bond acceptors (Lipinski definition) is 3. The summed E-state index contributed by atoms with van der Waals surface area (Å²) < 4.78 is 1.47. The quantitative estimate of drug-likeness (QED) is 0.804. The van der Waals surface area contributed by atoms with Gasteiger partial charge >= 0.3 is 0 Å². The van der Waals surface area contributed by atoms with Crippen LogP contribution in [0, 0.1) is 0 Å². The lowest BCUT2D eigenvalue weighted by molar-refractivity contribution is 0.464. The molecule has 2 aromatic rings. The van der Waals surface area contributed by atoms with Crippen molar-refractivity contribution in [2.24, 2.45) is 7.05 Å². The zero-order valence-corrected chi connectivity index (χ0v) is 11.8. The van der Waals surface area contributed by atoms with Gasteiger partial charge in [0.2, 0.25) is 0 Å². The van der Waals surface area contributed by atoms with Crippen LogP contribution in [0.5, 0.6) is 5.75 Å². The summed E-state index contributed by atoms with van der Waals surface area (Å²) >= 11 is 1.40. The fourth-order valence-corrected chi connectivity index (χ4v) is 2.89. The highest BCUT2D eigenvalue weighted by Gasteiger charge is 2.21. The Bertz CT molecular complexity index is 653. The summed E-state index contributed by atoms with van der Waals surface area (Å²) in [6.07, 6.45) is 0. The summed E-state index contributed by atoms with van der Waals surface area (Å²) in [5.74, 6) is 0.0913. The summed E-state index contributed by atoms with van der Waals surface area (Å²) in [5.41, 5.74) is 0.601. The number of aryl methyl sites for hydroxylation is 1. The van der Waals surface area contributed by atoms with Crippen molar-refractivity contribution < 1.29 is 5.11 Å². The standard InChI is InChI=1S/C14H17NO2S/c1-14(2,3)18-12-11(16)9-7-5-6-8-10(9)15(4)13(12)17/h5-8,16H,1-4H3. The van der Waals surface area contributed by atoms with Crippen LogP contribution >= 0.6 is 11.8 Å². The zero-order chi connectivity index (χ0) is 13.5. The van der Waals surface area contributed by atoms with Gasteiger partial charge in [0.25, 0.3) is 5.56 Å². The van der Waals surface area contributed by atoms with Crippen molar-refractivity contribution >= 4 is 22.7 Å². The molecule has 0 saturated heterocycles. The second-order valence-electron chi connectivity index (χ2n) is 5.27. The van der Waals surface area contributed by atoms with Crippen molar-refractivity contribution in [3.63, 3.8) is 0 Å². The van der Waals surface area contributed by atoms with Gasteiger partial charge in [-0.25, -0.2) is 0 Å². The van der Waals surface area contributed by atoms with Gasteiger partial charge in [0, 0.05) is 17.2 Å². The Morgan fingerprint density at radius 1 is 1.22 bits per heavy atom. The van der Waals surface area contributed by atoms with Crippen molar-refractivity contribution in [2.75, 3.05) is 0 Å². The molecule has 0 aliphatic heterocycles. The number of para-hydroxylation sites is 1. The predicted octanol–water partition coefficient (Wildman–Crippen LogP) is 3.13. The van der Waals surface area contributed by atoms with Crippen LogP contribution in [-0.2, 0) is 7.05 Å². The van der Waals surface area contributed by atoms with Crippen LogP contribution in [0.25, 0.3) is 10.9 Å². The maximum atomic E-state index is 12.3. The van der Waals surface area contributed by atoms with Crippen LogP contribution in [0.4, 0.5) is 0 Å². The van der Waals surface area contributed by atoms with Crippen molar-refractivity contribution in [1.82, 2.24) is 4.57 Å². The minimum atomic E-state index is -0.147. The molecule has 0 atom stereocenters. The summed E-state index contributed by atoms with van der Waals surface area (Å²) in [4.78, 5) is 12.7. The SMILES string of the molecule is Cn1c(=O)c(SC(C)(C)C)c(O)c2ccccc21. The predicted molar refractivity (Wildman–Crippen MR) is 76.5 cm³/mol. The summed E-state index contributed by atoms with van der Waals surface area (Å²) in [5, 5.41) is 11.0. The van der Waals surface area contributed by atoms with Gasteiger partial charge in [-0.15, -0.1) is 11.8 Å². The first-order valence-electron chi connectivity index (χ1n) is 5.81. The maximum absolute atomic E-state index is 12.3. The topological polar surface area (TPSA) is 42.2 Å². The maximum Gasteiger partial charge on any atom is 0.268 e. The minimum Gasteiger partial charge on any atom is -0.506 e. The Morgan fingerprint density at radius 2 is 1.83 bits per heavy atom. The molecule has 0 amide bonds. The Hall–Kier alpha value is -1.42. The molecule has 0 spiro atoms. The van der Waals surface area contributed by atoms with Gasteiger partial charge in [-0.05, 0) is 12.1 Å². The van der Waals surface area contributed by atoms with Crippen molar-refractivity contribution in [2.45, 2.75) is 30.4 Å². The Kier molecular flexibility index (Phi) is 3.15. The number of benzene rings is 1. The molecule has 96 valence electrons. The third kappa shape index (κ3) is 2.25. The highest BCUT2D eigenvalue weighted by atomic mass is 32.2. The van der Waals surface area contributed by atoms with E-state index < -0.39 is 0 Å². The molecular weight excluding hydrogens is 246 g/mol. The summed E-state index contributed by atoms with van der Waals surface area (Å²) in [7, 11) is 1.73. The number of aromatic hydroxyl groups is 1. The lowest BCUT2D eigenvalue weighted by Crippen LogP contribution is -2.21. The van der Waals surface area contributed by atoms with Crippen molar-refractivity contribution in [3.05, 3.63) is 34.6 Å². The molecule has 0 aliphatic rings. The lowest BCUT2D eigenvalue weighted by Gasteiger charge is -2.19. The van der Waals surface area contributed by atoms with E-state index in [2.05, 4.69) is 0 Å². The Balaban J connectivity index is 2.79. The van der Waals surface area contributed by atoms with Crippen LogP contribution in [0.2, 0.25) is 0 Å². The smallest absolute Gasteiger partial charge is 0.268 e. The lowest BCUT2D eigenvalue weighted by atomic mass is 10.2. The largest absolute Gasteiger partial charge is 0.506 e. The van der Waals surface area contributed by atoms with Crippen LogP contribution in [0.1, 0.15) is 20.8 Å². The van der Waals surface area contributed by atoms with E-state index in [0.717, 1.165) is 5.52 Å². The highest BCUT2D eigenvalue weighted by Crippen LogP contribution is 2.38. The number of aromatic nitrogens is 1. The normalized spacial score (nSPS) is 12.0. The minimum absolute atomic E-state index is 0.0913. The average molecular weight is 263 g/mol. The van der Waals surface area contributed by atoms with E-state index in [9.17, 15) is 9.90 Å². The second-order valence-corrected chi connectivity index (χ2v) is 7.11. The van der Waals surface area contributed by atoms with Gasteiger partial charge in [-0.1, -0.05) is 32.9 Å². The number of nitrogens with zero attached hydrogens (tertiary/aromatic N) is 1. The Labute approximate surface area is 110 Å². The van der Waals surface area contributed by atoms with Crippen LogP contribution in [0.3, 0.4) is 0 Å². The summed E-state index contributed by atoms with van der Waals surface area (Å²) in [6, 6.07) is 7.38. The van der Waals surface area contributed by atoms with Crippen molar-refractivity contribution in [1.29, 1.82) is 0 Å². The number of pyridine rings is 1. The molecule has 18 heavy (non-hydrogen) atoms. The molecule has 4 heteroatoms. The molecule has 0 saturated carbocycles. The van der Waals surface area contributed by atoms with Gasteiger partial charge in [0.05, 0.1) is 5.52 Å². The molecule has 1 heterocycles. The summed E-state index contributed by atoms with van der Waals surface area (Å²) in [6.45, 7) is 6.06. The Morgan fingerprint density at radius 3 is 2.44 bits per heavy atom. The van der Waals surface area contributed by atoms with Crippen LogP contribution in [0.15, 0.2) is 34.0 Å². The fourth-order valence-electron chi connectivity index (χ4n) is 1.85. The van der Waals surface area contributed by atoms with E-state index in [-0.39, 0.29) is 16.1 Å². The number of fused-ring (bicyclic) bond motifs is 1. The number of rotatable bonds is 1. The molecule has 0 fully saturated rings. The van der Waals surface area contributed by atoms with E-state index in [1.807, 2.05) is 45.0 Å². The first-order chi connectivity index (χ1) is 8.31. The average Bonchev–Trinajstić information content (AvgIpc) is 2.31. The third-order valence-electron chi connectivity index (χ3n) is 2.64. The second kappa shape index (κ2) is 4.35. The van der Waals surface area contributed by atoms with Gasteiger partial charge in [0.15, 0.2) is 0 Å². The van der Waals surface area contributed by atoms with E-state index >= 15 is 0 Å². The van der Waals surface area contributed by atoms with Gasteiger partial charge < -0.3 is 9.67 Å². The molecule has 0 aliphatic carbocycles. The molecule has 0 bridgehead atoms. The third-order valence-corrected chi connectivity index (χ3v) is 3.83. The molecule has 1 N–H and O–H groups in total. The van der Waals surface area contributed by atoms with Crippen LogP contribution < -0.4 is 5.56 Å². The van der Waals surface area contributed by atoms with Gasteiger partial charge in [0.1, 0.15) is 10.6 Å². The van der Waals surface area contributed by atoms with Gasteiger partial charge in [-0.3, -0.25) is 4.79 Å². The number of thioether (sulfide) groups is 1.